The van der Waals surface area contributed by atoms with Gasteiger partial charge in [0.05, 0.1) is 5.60 Å². The quantitative estimate of drug-likeness (QED) is 0.869. The van der Waals surface area contributed by atoms with Crippen LogP contribution in [0.5, 0.6) is 0 Å². The summed E-state index contributed by atoms with van der Waals surface area (Å²) in [5, 5.41) is 13.0. The second-order valence-electron chi connectivity index (χ2n) is 4.49. The molecule has 0 aliphatic rings. The first-order valence-corrected chi connectivity index (χ1v) is 6.00. The Balaban J connectivity index is 2.74. The van der Waals surface area contributed by atoms with E-state index in [0.29, 0.717) is 17.0 Å². The third kappa shape index (κ3) is 4.02. The van der Waals surface area contributed by atoms with Crippen LogP contribution in [0, 0.1) is 6.92 Å². The Morgan fingerprint density at radius 1 is 1.53 bits per heavy atom. The molecule has 0 spiro atoms. The van der Waals surface area contributed by atoms with Crippen molar-refractivity contribution in [1.29, 1.82) is 0 Å². The minimum Gasteiger partial charge on any atom is -0.388 e. The van der Waals surface area contributed by atoms with E-state index in [0.717, 1.165) is 5.56 Å². The number of carbonyl (C=O) groups is 1. The fourth-order valence-electron chi connectivity index (χ4n) is 1.33. The number of hydrogen-bond donors (Lipinski definition) is 2. The molecule has 0 saturated carbocycles. The largest absolute Gasteiger partial charge is 0.388 e. The molecule has 1 aromatic rings. The molecule has 94 valence electrons. The van der Waals surface area contributed by atoms with Gasteiger partial charge in [-0.15, -0.1) is 0 Å². The predicted molar refractivity (Wildman–Crippen MR) is 69.4 cm³/mol. The molecule has 0 heterocycles. The summed E-state index contributed by atoms with van der Waals surface area (Å²) in [5.41, 5.74) is 0.537. The van der Waals surface area contributed by atoms with Gasteiger partial charge in [0.1, 0.15) is 0 Å². The highest BCUT2D eigenvalue weighted by molar-refractivity contribution is 6.31. The van der Waals surface area contributed by atoms with Crippen LogP contribution in [0.2, 0.25) is 5.02 Å². The van der Waals surface area contributed by atoms with Crippen LogP contribution in [0.4, 0.5) is 0 Å². The van der Waals surface area contributed by atoms with Crippen LogP contribution in [0.3, 0.4) is 0 Å². The monoisotopic (exact) mass is 255 g/mol. The maximum Gasteiger partial charge on any atom is 0.251 e. The maximum atomic E-state index is 11.9. The van der Waals surface area contributed by atoms with Crippen LogP contribution in [0.25, 0.3) is 0 Å². The molecule has 0 aliphatic carbocycles. The van der Waals surface area contributed by atoms with E-state index in [1.165, 1.54) is 0 Å². The van der Waals surface area contributed by atoms with Gasteiger partial charge < -0.3 is 10.4 Å². The van der Waals surface area contributed by atoms with Gasteiger partial charge in [0, 0.05) is 17.1 Å². The van der Waals surface area contributed by atoms with Crippen molar-refractivity contribution >= 4 is 17.5 Å². The topological polar surface area (TPSA) is 49.3 Å². The third-order valence-corrected chi connectivity index (χ3v) is 3.07. The van der Waals surface area contributed by atoms with E-state index in [1.807, 2.05) is 13.8 Å². The van der Waals surface area contributed by atoms with E-state index in [-0.39, 0.29) is 12.5 Å². The second kappa shape index (κ2) is 5.52. The fourth-order valence-corrected chi connectivity index (χ4v) is 1.50. The fraction of sp³-hybridized carbons (Fsp3) is 0.462. The summed E-state index contributed by atoms with van der Waals surface area (Å²) in [5.74, 6) is -0.210. The lowest BCUT2D eigenvalue weighted by molar-refractivity contribution is 0.0518. The van der Waals surface area contributed by atoms with Crippen molar-refractivity contribution < 1.29 is 9.90 Å². The highest BCUT2D eigenvalue weighted by Gasteiger charge is 2.19. The maximum absolute atomic E-state index is 11.9. The number of hydrogen-bond acceptors (Lipinski definition) is 2. The Morgan fingerprint density at radius 3 is 2.76 bits per heavy atom. The molecule has 2 N–H and O–H groups in total. The van der Waals surface area contributed by atoms with Crippen molar-refractivity contribution in [2.24, 2.45) is 0 Å². The van der Waals surface area contributed by atoms with Crippen LogP contribution in [-0.2, 0) is 0 Å². The van der Waals surface area contributed by atoms with Gasteiger partial charge in [0.15, 0.2) is 0 Å². The molecule has 4 heteroatoms. The Labute approximate surface area is 107 Å². The first-order chi connectivity index (χ1) is 7.85. The van der Waals surface area contributed by atoms with Gasteiger partial charge in [-0.05, 0) is 38.0 Å². The number of nitrogens with one attached hydrogen (secondary N) is 1. The highest BCUT2D eigenvalue weighted by Crippen LogP contribution is 2.15. The number of amides is 1. The van der Waals surface area contributed by atoms with Gasteiger partial charge in [0.25, 0.3) is 5.91 Å². The third-order valence-electron chi connectivity index (χ3n) is 2.84. The van der Waals surface area contributed by atoms with Crippen molar-refractivity contribution in [3.8, 4) is 0 Å². The Kier molecular flexibility index (Phi) is 4.54. The lowest BCUT2D eigenvalue weighted by atomic mass is 10.0. The zero-order valence-electron chi connectivity index (χ0n) is 10.4. The first kappa shape index (κ1) is 14.0. The predicted octanol–water partition coefficient (Wildman–Crippen LogP) is 2.54. The molecule has 0 radical (unpaired) electrons. The molecule has 3 nitrogen and oxygen atoms in total. The summed E-state index contributed by atoms with van der Waals surface area (Å²) in [6.07, 6.45) is 0.585. The second-order valence-corrected chi connectivity index (χ2v) is 4.93. The standard InChI is InChI=1S/C13H18ClNO2/c1-4-13(3,17)8-15-12(16)11-7-10(14)6-5-9(11)2/h5-7,17H,4,8H2,1-3H3,(H,15,16). The van der Waals surface area contributed by atoms with Crippen molar-refractivity contribution in [3.63, 3.8) is 0 Å². The van der Waals surface area contributed by atoms with Crippen molar-refractivity contribution in [2.75, 3.05) is 6.54 Å². The average molecular weight is 256 g/mol. The number of halogens is 1. The minimum absolute atomic E-state index is 0.210. The summed E-state index contributed by atoms with van der Waals surface area (Å²) in [6, 6.07) is 5.18. The normalized spacial score (nSPS) is 14.2. The lowest BCUT2D eigenvalue weighted by Crippen LogP contribution is -2.40. The zero-order valence-corrected chi connectivity index (χ0v) is 11.1. The summed E-state index contributed by atoms with van der Waals surface area (Å²) in [7, 11) is 0. The summed E-state index contributed by atoms with van der Waals surface area (Å²) >= 11 is 5.85. The molecule has 1 atom stereocenters. The molecule has 0 bridgehead atoms. The lowest BCUT2D eigenvalue weighted by Gasteiger charge is -2.21. The Hall–Kier alpha value is -1.06. The van der Waals surface area contributed by atoms with E-state index in [1.54, 1.807) is 25.1 Å². The number of aryl methyl sites for hydroxylation is 1. The molecule has 1 amide bonds. The molecule has 0 saturated heterocycles. The number of benzene rings is 1. The van der Waals surface area contributed by atoms with Gasteiger partial charge in [0.2, 0.25) is 0 Å². The van der Waals surface area contributed by atoms with Gasteiger partial charge in [-0.2, -0.15) is 0 Å². The Morgan fingerprint density at radius 2 is 2.18 bits per heavy atom. The molecule has 1 rings (SSSR count). The molecule has 17 heavy (non-hydrogen) atoms. The SMILES string of the molecule is CCC(C)(O)CNC(=O)c1cc(Cl)ccc1C. The smallest absolute Gasteiger partial charge is 0.251 e. The molecule has 0 aromatic heterocycles. The Bertz CT molecular complexity index is 416. The summed E-state index contributed by atoms with van der Waals surface area (Å²) < 4.78 is 0. The first-order valence-electron chi connectivity index (χ1n) is 5.62. The van der Waals surface area contributed by atoms with E-state index < -0.39 is 5.60 Å². The number of aliphatic hydroxyl groups is 1. The van der Waals surface area contributed by atoms with E-state index >= 15 is 0 Å². The highest BCUT2D eigenvalue weighted by atomic mass is 35.5. The number of carbonyl (C=O) groups excluding carboxylic acids is 1. The zero-order chi connectivity index (χ0) is 13.1. The molecular weight excluding hydrogens is 238 g/mol. The molecule has 0 aliphatic heterocycles. The van der Waals surface area contributed by atoms with Crippen LogP contribution in [0.15, 0.2) is 18.2 Å². The van der Waals surface area contributed by atoms with Crippen LogP contribution in [-0.4, -0.2) is 23.2 Å². The van der Waals surface area contributed by atoms with Gasteiger partial charge >= 0.3 is 0 Å². The summed E-state index contributed by atoms with van der Waals surface area (Å²) in [4.78, 5) is 11.9. The number of rotatable bonds is 4. The van der Waals surface area contributed by atoms with Crippen molar-refractivity contribution in [2.45, 2.75) is 32.8 Å². The van der Waals surface area contributed by atoms with Gasteiger partial charge in [-0.25, -0.2) is 0 Å². The van der Waals surface area contributed by atoms with Crippen LogP contribution >= 0.6 is 11.6 Å². The van der Waals surface area contributed by atoms with Gasteiger partial charge in [-0.1, -0.05) is 24.6 Å². The van der Waals surface area contributed by atoms with Crippen LogP contribution < -0.4 is 5.32 Å². The molecule has 1 aromatic carbocycles. The van der Waals surface area contributed by atoms with Crippen molar-refractivity contribution in [1.82, 2.24) is 5.32 Å². The van der Waals surface area contributed by atoms with Gasteiger partial charge in [-0.3, -0.25) is 4.79 Å². The molecular formula is C13H18ClNO2. The van der Waals surface area contributed by atoms with Crippen LogP contribution in [0.1, 0.15) is 36.2 Å². The molecule has 1 unspecified atom stereocenters. The van der Waals surface area contributed by atoms with E-state index in [2.05, 4.69) is 5.32 Å². The van der Waals surface area contributed by atoms with E-state index in [9.17, 15) is 9.90 Å². The minimum atomic E-state index is -0.873. The molecule has 0 fully saturated rings. The van der Waals surface area contributed by atoms with E-state index in [4.69, 9.17) is 11.6 Å². The summed E-state index contributed by atoms with van der Waals surface area (Å²) in [6.45, 7) is 5.65. The average Bonchev–Trinajstić information content (AvgIpc) is 2.29. The van der Waals surface area contributed by atoms with Crippen molar-refractivity contribution in [3.05, 3.63) is 34.3 Å².